The molecule has 0 fully saturated rings. The highest BCUT2D eigenvalue weighted by molar-refractivity contribution is 5.85. The summed E-state index contributed by atoms with van der Waals surface area (Å²) in [5.74, 6) is 1.56. The van der Waals surface area contributed by atoms with Gasteiger partial charge in [-0.05, 0) is 12.5 Å². The predicted octanol–water partition coefficient (Wildman–Crippen LogP) is 2.41. The van der Waals surface area contributed by atoms with Crippen molar-refractivity contribution >= 4 is 12.4 Å². The van der Waals surface area contributed by atoms with E-state index in [-0.39, 0.29) is 25.2 Å². The number of fused-ring (bicyclic) bond motifs is 1. The first-order valence-corrected chi connectivity index (χ1v) is 4.58. The van der Waals surface area contributed by atoms with E-state index in [1.165, 1.54) is 0 Å². The van der Waals surface area contributed by atoms with Crippen LogP contribution in [0.5, 0.6) is 11.5 Å². The Morgan fingerprint density at radius 2 is 2.27 bits per heavy atom. The Balaban J connectivity index is 0.00000112. The van der Waals surface area contributed by atoms with Gasteiger partial charge in [0.1, 0.15) is 0 Å². The maximum Gasteiger partial charge on any atom is 0.231 e. The van der Waals surface area contributed by atoms with Gasteiger partial charge in [-0.2, -0.15) is 0 Å². The summed E-state index contributed by atoms with van der Waals surface area (Å²) in [6, 6.07) is 5.70. The first-order chi connectivity index (χ1) is 6.83. The normalized spacial score (nSPS) is 14.2. The van der Waals surface area contributed by atoms with Gasteiger partial charge in [-0.25, -0.2) is 0 Å². The van der Waals surface area contributed by atoms with Crippen LogP contribution in [-0.4, -0.2) is 6.79 Å². The molecular weight excluding hydrogens is 214 g/mol. The summed E-state index contributed by atoms with van der Waals surface area (Å²) < 4.78 is 10.6. The monoisotopic (exact) mass is 227 g/mol. The average Bonchev–Trinajstić information content (AvgIpc) is 2.65. The molecule has 1 atom stereocenters. The van der Waals surface area contributed by atoms with Crippen LogP contribution in [0, 0.1) is 0 Å². The van der Waals surface area contributed by atoms with Crippen molar-refractivity contribution in [2.45, 2.75) is 12.5 Å². The summed E-state index contributed by atoms with van der Waals surface area (Å²) in [4.78, 5) is 0. The lowest BCUT2D eigenvalue weighted by molar-refractivity contribution is 0.173. The number of hydrogen-bond donors (Lipinski definition) is 1. The zero-order valence-corrected chi connectivity index (χ0v) is 9.13. The summed E-state index contributed by atoms with van der Waals surface area (Å²) >= 11 is 0. The lowest BCUT2D eigenvalue weighted by atomic mass is 10.0. The Morgan fingerprint density at radius 3 is 3.00 bits per heavy atom. The average molecular weight is 228 g/mol. The number of benzene rings is 1. The first kappa shape index (κ1) is 11.9. The minimum atomic E-state index is -0.0656. The van der Waals surface area contributed by atoms with Crippen molar-refractivity contribution in [3.05, 3.63) is 36.4 Å². The van der Waals surface area contributed by atoms with Crippen LogP contribution in [0.4, 0.5) is 0 Å². The lowest BCUT2D eigenvalue weighted by Gasteiger charge is -2.11. The van der Waals surface area contributed by atoms with Gasteiger partial charge in [0.05, 0.1) is 0 Å². The lowest BCUT2D eigenvalue weighted by Crippen LogP contribution is -2.09. The van der Waals surface area contributed by atoms with Crippen LogP contribution in [0.1, 0.15) is 18.0 Å². The summed E-state index contributed by atoms with van der Waals surface area (Å²) in [6.07, 6.45) is 2.54. The molecule has 0 aliphatic carbocycles. The molecule has 0 spiro atoms. The molecule has 0 saturated carbocycles. The molecule has 0 amide bonds. The van der Waals surface area contributed by atoms with E-state index in [2.05, 4.69) is 6.58 Å². The fourth-order valence-electron chi connectivity index (χ4n) is 1.55. The van der Waals surface area contributed by atoms with Gasteiger partial charge in [-0.1, -0.05) is 18.2 Å². The molecular formula is C11H14ClNO2. The zero-order chi connectivity index (χ0) is 9.97. The van der Waals surface area contributed by atoms with Gasteiger partial charge in [0.2, 0.25) is 6.79 Å². The Hall–Kier alpha value is -1.19. The van der Waals surface area contributed by atoms with Crippen molar-refractivity contribution in [3.63, 3.8) is 0 Å². The van der Waals surface area contributed by atoms with Crippen molar-refractivity contribution in [2.75, 3.05) is 6.79 Å². The smallest absolute Gasteiger partial charge is 0.231 e. The van der Waals surface area contributed by atoms with Gasteiger partial charge in [0, 0.05) is 11.6 Å². The third-order valence-corrected chi connectivity index (χ3v) is 2.25. The van der Waals surface area contributed by atoms with Crippen molar-refractivity contribution in [3.8, 4) is 11.5 Å². The predicted molar refractivity (Wildman–Crippen MR) is 61.6 cm³/mol. The third-order valence-electron chi connectivity index (χ3n) is 2.25. The Morgan fingerprint density at radius 1 is 1.47 bits per heavy atom. The van der Waals surface area contributed by atoms with E-state index < -0.39 is 0 Å². The van der Waals surface area contributed by atoms with Gasteiger partial charge in [-0.15, -0.1) is 19.0 Å². The topological polar surface area (TPSA) is 44.5 Å². The molecule has 82 valence electrons. The minimum absolute atomic E-state index is 0. The summed E-state index contributed by atoms with van der Waals surface area (Å²) in [5.41, 5.74) is 6.96. The zero-order valence-electron chi connectivity index (χ0n) is 8.31. The second-order valence-electron chi connectivity index (χ2n) is 3.21. The molecule has 1 aliphatic rings. The molecule has 2 rings (SSSR count). The Bertz CT molecular complexity index is 354. The number of hydrogen-bond acceptors (Lipinski definition) is 3. The molecule has 1 heterocycles. The molecule has 1 aliphatic heterocycles. The molecule has 3 nitrogen and oxygen atoms in total. The van der Waals surface area contributed by atoms with Gasteiger partial charge in [0.15, 0.2) is 11.5 Å². The minimum Gasteiger partial charge on any atom is -0.454 e. The van der Waals surface area contributed by atoms with E-state index in [1.807, 2.05) is 18.2 Å². The number of halogens is 1. The third kappa shape index (κ3) is 2.25. The van der Waals surface area contributed by atoms with Gasteiger partial charge in [0.25, 0.3) is 0 Å². The quantitative estimate of drug-likeness (QED) is 0.807. The van der Waals surface area contributed by atoms with Crippen molar-refractivity contribution in [1.82, 2.24) is 0 Å². The summed E-state index contributed by atoms with van der Waals surface area (Å²) in [5, 5.41) is 0. The van der Waals surface area contributed by atoms with E-state index in [4.69, 9.17) is 15.2 Å². The molecule has 0 radical (unpaired) electrons. The van der Waals surface area contributed by atoms with Crippen molar-refractivity contribution < 1.29 is 9.47 Å². The van der Waals surface area contributed by atoms with Crippen LogP contribution in [0.15, 0.2) is 30.9 Å². The maximum atomic E-state index is 5.97. The second kappa shape index (κ2) is 5.05. The van der Waals surface area contributed by atoms with Crippen LogP contribution in [0.25, 0.3) is 0 Å². The Kier molecular flexibility index (Phi) is 4.00. The van der Waals surface area contributed by atoms with Gasteiger partial charge >= 0.3 is 0 Å². The van der Waals surface area contributed by atoms with Gasteiger partial charge < -0.3 is 15.2 Å². The van der Waals surface area contributed by atoms with E-state index in [1.54, 1.807) is 6.08 Å². The molecule has 0 saturated heterocycles. The number of nitrogens with two attached hydrogens (primary N) is 1. The fourth-order valence-corrected chi connectivity index (χ4v) is 1.55. The number of rotatable bonds is 3. The van der Waals surface area contributed by atoms with Crippen LogP contribution in [0.2, 0.25) is 0 Å². The second-order valence-corrected chi connectivity index (χ2v) is 3.21. The molecule has 0 bridgehead atoms. The molecule has 1 aromatic rings. The molecule has 4 heteroatoms. The highest BCUT2D eigenvalue weighted by Crippen LogP contribution is 2.38. The first-order valence-electron chi connectivity index (χ1n) is 4.58. The van der Waals surface area contributed by atoms with Crippen LogP contribution >= 0.6 is 12.4 Å². The summed E-state index contributed by atoms with van der Waals surface area (Å²) in [7, 11) is 0. The van der Waals surface area contributed by atoms with Crippen LogP contribution in [-0.2, 0) is 0 Å². The summed E-state index contributed by atoms with van der Waals surface area (Å²) in [6.45, 7) is 3.95. The highest BCUT2D eigenvalue weighted by atomic mass is 35.5. The molecule has 0 unspecified atom stereocenters. The molecule has 15 heavy (non-hydrogen) atoms. The van der Waals surface area contributed by atoms with Crippen molar-refractivity contribution in [2.24, 2.45) is 5.73 Å². The fraction of sp³-hybridized carbons (Fsp3) is 0.273. The highest BCUT2D eigenvalue weighted by Gasteiger charge is 2.20. The molecule has 0 aromatic heterocycles. The number of para-hydroxylation sites is 1. The van der Waals surface area contributed by atoms with E-state index in [0.717, 1.165) is 23.5 Å². The van der Waals surface area contributed by atoms with E-state index >= 15 is 0 Å². The number of ether oxygens (including phenoxy) is 2. The van der Waals surface area contributed by atoms with E-state index in [9.17, 15) is 0 Å². The molecule has 2 N–H and O–H groups in total. The van der Waals surface area contributed by atoms with Gasteiger partial charge in [-0.3, -0.25) is 0 Å². The SMILES string of the molecule is C=CC[C@H](N)c1cccc2c1OCO2.Cl. The van der Waals surface area contributed by atoms with E-state index in [0.29, 0.717) is 0 Å². The largest absolute Gasteiger partial charge is 0.454 e. The van der Waals surface area contributed by atoms with Crippen molar-refractivity contribution in [1.29, 1.82) is 0 Å². The Labute approximate surface area is 95.3 Å². The standard InChI is InChI=1S/C11H13NO2.ClH/c1-2-4-9(12)8-5-3-6-10-11(8)14-7-13-10;/h2-3,5-6,9H,1,4,7,12H2;1H/t9-;/m0./s1. The maximum absolute atomic E-state index is 5.97. The van der Waals surface area contributed by atoms with Crippen LogP contribution in [0.3, 0.4) is 0 Å². The van der Waals surface area contributed by atoms with Crippen LogP contribution < -0.4 is 15.2 Å². The molecule has 1 aromatic carbocycles.